The van der Waals surface area contributed by atoms with Crippen LogP contribution in [-0.4, -0.2) is 59.8 Å². The van der Waals surface area contributed by atoms with Gasteiger partial charge in [-0.25, -0.2) is 0 Å². The molecule has 5 heteroatoms. The van der Waals surface area contributed by atoms with E-state index in [1.807, 2.05) is 0 Å². The molecule has 2 N–H and O–H groups in total. The first-order chi connectivity index (χ1) is 11.6. The van der Waals surface area contributed by atoms with Gasteiger partial charge in [0, 0.05) is 56.6 Å². The Labute approximate surface area is 145 Å². The molecule has 130 valence electrons. The quantitative estimate of drug-likeness (QED) is 0.798. The van der Waals surface area contributed by atoms with Crippen LogP contribution < -0.4 is 5.32 Å². The molecule has 1 fully saturated rings. The molecule has 1 aliphatic heterocycles. The van der Waals surface area contributed by atoms with Crippen molar-refractivity contribution in [2.24, 2.45) is 0 Å². The molecule has 5 nitrogen and oxygen atoms in total. The molecule has 0 spiro atoms. The minimum atomic E-state index is 0.490. The highest BCUT2D eigenvalue weighted by Crippen LogP contribution is 2.24. The number of aromatic amines is 1. The molecule has 0 bridgehead atoms. The molecule has 3 rings (SSSR count). The third kappa shape index (κ3) is 4.04. The van der Waals surface area contributed by atoms with Crippen LogP contribution in [0.3, 0.4) is 0 Å². The number of likely N-dealkylation sites (N-methyl/N-ethyl adjacent to an activating group) is 1. The molecule has 1 aliphatic rings. The Morgan fingerprint density at radius 3 is 2.71 bits per heavy atom. The van der Waals surface area contributed by atoms with Crippen molar-refractivity contribution in [1.82, 2.24) is 25.3 Å². The number of H-pyrrole nitrogens is 1. The number of hydrogen-bond donors (Lipinski definition) is 2. The summed E-state index contributed by atoms with van der Waals surface area (Å²) >= 11 is 0. The number of hydrogen-bond acceptors (Lipinski definition) is 4. The number of benzene rings is 1. The average molecular weight is 327 g/mol. The highest BCUT2D eigenvalue weighted by molar-refractivity contribution is 5.23. The van der Waals surface area contributed by atoms with Gasteiger partial charge in [0.15, 0.2) is 0 Å². The third-order valence-corrected chi connectivity index (χ3v) is 5.04. The van der Waals surface area contributed by atoms with Crippen LogP contribution in [0.5, 0.6) is 0 Å². The van der Waals surface area contributed by atoms with Gasteiger partial charge in [0.2, 0.25) is 0 Å². The van der Waals surface area contributed by atoms with E-state index in [-0.39, 0.29) is 0 Å². The Bertz CT molecular complexity index is 617. The van der Waals surface area contributed by atoms with Gasteiger partial charge in [-0.05, 0) is 26.5 Å². The van der Waals surface area contributed by atoms with E-state index >= 15 is 0 Å². The second-order valence-corrected chi connectivity index (χ2v) is 6.81. The highest BCUT2D eigenvalue weighted by Gasteiger charge is 2.25. The topological polar surface area (TPSA) is 47.2 Å². The normalized spacial score (nSPS) is 19.7. The van der Waals surface area contributed by atoms with Crippen molar-refractivity contribution in [3.05, 3.63) is 52.8 Å². The summed E-state index contributed by atoms with van der Waals surface area (Å²) in [6.45, 7) is 10.5. The molecule has 1 aromatic carbocycles. The van der Waals surface area contributed by atoms with Gasteiger partial charge in [0.1, 0.15) is 0 Å². The largest absolute Gasteiger partial charge is 0.311 e. The minimum absolute atomic E-state index is 0.490. The lowest BCUT2D eigenvalue weighted by atomic mass is 10.0. The van der Waals surface area contributed by atoms with Crippen LogP contribution >= 0.6 is 0 Å². The van der Waals surface area contributed by atoms with Crippen LogP contribution in [-0.2, 0) is 6.54 Å². The van der Waals surface area contributed by atoms with Crippen LogP contribution in [0.15, 0.2) is 30.3 Å². The second kappa shape index (κ2) is 7.92. The number of aryl methyl sites for hydroxylation is 2. The Balaban J connectivity index is 1.55. The molecule has 1 unspecified atom stereocenters. The van der Waals surface area contributed by atoms with E-state index in [0.717, 1.165) is 45.0 Å². The number of aromatic nitrogens is 2. The first-order valence-corrected chi connectivity index (χ1v) is 8.84. The summed E-state index contributed by atoms with van der Waals surface area (Å²) in [7, 11) is 2.22. The highest BCUT2D eigenvalue weighted by atomic mass is 15.3. The van der Waals surface area contributed by atoms with Gasteiger partial charge in [0.05, 0.1) is 5.69 Å². The fourth-order valence-electron chi connectivity index (χ4n) is 3.49. The van der Waals surface area contributed by atoms with Gasteiger partial charge >= 0.3 is 0 Å². The molecule has 0 aliphatic carbocycles. The van der Waals surface area contributed by atoms with Crippen molar-refractivity contribution in [2.75, 3.05) is 39.8 Å². The number of rotatable bonds is 6. The predicted octanol–water partition coefficient (Wildman–Crippen LogP) is 2.10. The van der Waals surface area contributed by atoms with E-state index in [2.05, 4.69) is 76.5 Å². The number of nitrogens with one attached hydrogen (secondary N) is 2. The SMILES string of the molecule is Cc1n[nH]c(C)c1CNCCN1CCN(C)CC1c1ccccc1. The Morgan fingerprint density at radius 1 is 1.21 bits per heavy atom. The predicted molar refractivity (Wildman–Crippen MR) is 98.0 cm³/mol. The van der Waals surface area contributed by atoms with Gasteiger partial charge in [-0.2, -0.15) is 5.10 Å². The van der Waals surface area contributed by atoms with Crippen LogP contribution in [0.25, 0.3) is 0 Å². The van der Waals surface area contributed by atoms with Crippen molar-refractivity contribution in [3.8, 4) is 0 Å². The first kappa shape index (κ1) is 17.1. The van der Waals surface area contributed by atoms with Gasteiger partial charge < -0.3 is 10.2 Å². The molecule has 1 atom stereocenters. The Kier molecular flexibility index (Phi) is 5.66. The maximum atomic E-state index is 4.26. The smallest absolute Gasteiger partial charge is 0.0638 e. The average Bonchev–Trinajstić information content (AvgIpc) is 2.92. The lowest BCUT2D eigenvalue weighted by Crippen LogP contribution is -2.48. The maximum absolute atomic E-state index is 4.26. The van der Waals surface area contributed by atoms with E-state index in [1.165, 1.54) is 16.8 Å². The summed E-state index contributed by atoms with van der Waals surface area (Å²) < 4.78 is 0. The molecule has 0 amide bonds. The molecule has 2 aromatic rings. The van der Waals surface area contributed by atoms with Crippen molar-refractivity contribution >= 4 is 0 Å². The summed E-state index contributed by atoms with van der Waals surface area (Å²) in [6, 6.07) is 11.4. The van der Waals surface area contributed by atoms with E-state index in [9.17, 15) is 0 Å². The van der Waals surface area contributed by atoms with Gasteiger partial charge in [-0.1, -0.05) is 30.3 Å². The monoisotopic (exact) mass is 327 g/mol. The van der Waals surface area contributed by atoms with Crippen molar-refractivity contribution in [2.45, 2.75) is 26.4 Å². The molecular weight excluding hydrogens is 298 g/mol. The molecule has 1 saturated heterocycles. The van der Waals surface area contributed by atoms with E-state index < -0.39 is 0 Å². The zero-order chi connectivity index (χ0) is 16.9. The fourth-order valence-corrected chi connectivity index (χ4v) is 3.49. The van der Waals surface area contributed by atoms with E-state index in [4.69, 9.17) is 0 Å². The van der Waals surface area contributed by atoms with Crippen LogP contribution in [0.1, 0.15) is 28.6 Å². The fraction of sp³-hybridized carbons (Fsp3) is 0.526. The second-order valence-electron chi connectivity index (χ2n) is 6.81. The van der Waals surface area contributed by atoms with Gasteiger partial charge in [-0.3, -0.25) is 10.00 Å². The summed E-state index contributed by atoms with van der Waals surface area (Å²) in [4.78, 5) is 5.04. The third-order valence-electron chi connectivity index (χ3n) is 5.04. The number of nitrogens with zero attached hydrogens (tertiary/aromatic N) is 3. The zero-order valence-corrected chi connectivity index (χ0v) is 15.0. The van der Waals surface area contributed by atoms with Crippen LogP contribution in [0.4, 0.5) is 0 Å². The summed E-state index contributed by atoms with van der Waals surface area (Å²) in [5, 5.41) is 10.9. The van der Waals surface area contributed by atoms with Gasteiger partial charge in [0.25, 0.3) is 0 Å². The van der Waals surface area contributed by atoms with Gasteiger partial charge in [-0.15, -0.1) is 0 Å². The summed E-state index contributed by atoms with van der Waals surface area (Å²) in [5.74, 6) is 0. The van der Waals surface area contributed by atoms with Crippen molar-refractivity contribution in [1.29, 1.82) is 0 Å². The minimum Gasteiger partial charge on any atom is -0.311 e. The van der Waals surface area contributed by atoms with E-state index in [1.54, 1.807) is 0 Å². The van der Waals surface area contributed by atoms with E-state index in [0.29, 0.717) is 6.04 Å². The van der Waals surface area contributed by atoms with Crippen molar-refractivity contribution in [3.63, 3.8) is 0 Å². The van der Waals surface area contributed by atoms with Crippen LogP contribution in [0, 0.1) is 13.8 Å². The molecule has 0 saturated carbocycles. The first-order valence-electron chi connectivity index (χ1n) is 8.84. The Morgan fingerprint density at radius 2 is 2.00 bits per heavy atom. The maximum Gasteiger partial charge on any atom is 0.0638 e. The number of piperazine rings is 1. The molecule has 1 aromatic heterocycles. The summed E-state index contributed by atoms with van der Waals surface area (Å²) in [6.07, 6.45) is 0. The molecule has 24 heavy (non-hydrogen) atoms. The van der Waals surface area contributed by atoms with Crippen LogP contribution in [0.2, 0.25) is 0 Å². The van der Waals surface area contributed by atoms with Crippen molar-refractivity contribution < 1.29 is 0 Å². The molecule has 0 radical (unpaired) electrons. The molecular formula is C19H29N5. The zero-order valence-electron chi connectivity index (χ0n) is 15.0. The summed E-state index contributed by atoms with van der Waals surface area (Å²) in [5.41, 5.74) is 4.99. The lowest BCUT2D eigenvalue weighted by Gasteiger charge is -2.40. The Hall–Kier alpha value is -1.69. The standard InChI is InChI=1S/C19H29N5/c1-15-18(16(2)22-21-15)13-20-9-10-24-12-11-23(3)14-19(24)17-7-5-4-6-8-17/h4-8,19-20H,9-14H2,1-3H3,(H,21,22). The molecule has 2 heterocycles. The lowest BCUT2D eigenvalue weighted by molar-refractivity contribution is 0.0906.